The van der Waals surface area contributed by atoms with Crippen molar-refractivity contribution in [3.63, 3.8) is 0 Å². The third-order valence-corrected chi connectivity index (χ3v) is 7.33. The Balaban J connectivity index is 2.35. The summed E-state index contributed by atoms with van der Waals surface area (Å²) in [6, 6.07) is 19.0. The van der Waals surface area contributed by atoms with Crippen LogP contribution in [0.25, 0.3) is 0 Å². The quantitative estimate of drug-likeness (QED) is 0.488. The molecule has 0 aromatic heterocycles. The van der Waals surface area contributed by atoms with Gasteiger partial charge in [0.25, 0.3) is 0 Å². The first-order chi connectivity index (χ1) is 13.5. The number of hydrogen-bond acceptors (Lipinski definition) is 2. The number of hydrogen-bond donors (Lipinski definition) is 0. The summed E-state index contributed by atoms with van der Waals surface area (Å²) in [4.78, 5) is 13.0. The van der Waals surface area contributed by atoms with Crippen molar-refractivity contribution in [2.24, 2.45) is 11.3 Å². The van der Waals surface area contributed by atoms with Crippen LogP contribution < -0.4 is 0 Å². The molecule has 0 bridgehead atoms. The van der Waals surface area contributed by atoms with E-state index >= 15 is 0 Å². The molecule has 0 amide bonds. The number of benzene rings is 2. The van der Waals surface area contributed by atoms with Gasteiger partial charge in [-0.05, 0) is 46.3 Å². The molecule has 2 aromatic rings. The van der Waals surface area contributed by atoms with Gasteiger partial charge in [0.1, 0.15) is 0 Å². The first-order valence-electron chi connectivity index (χ1n) is 10.7. The Morgan fingerprint density at radius 1 is 0.897 bits per heavy atom. The van der Waals surface area contributed by atoms with E-state index in [2.05, 4.69) is 72.7 Å². The number of ether oxygens (including phenoxy) is 1. The normalized spacial score (nSPS) is 15.4. The fourth-order valence-electron chi connectivity index (χ4n) is 4.24. The molecule has 2 atom stereocenters. The summed E-state index contributed by atoms with van der Waals surface area (Å²) >= 11 is 0. The molecule has 29 heavy (non-hydrogen) atoms. The van der Waals surface area contributed by atoms with E-state index in [1.54, 1.807) is 0 Å². The van der Waals surface area contributed by atoms with Crippen molar-refractivity contribution < 1.29 is 9.53 Å². The summed E-state index contributed by atoms with van der Waals surface area (Å²) in [7, 11) is 1.49. The number of carbonyl (C=O) groups is 1. The van der Waals surface area contributed by atoms with Crippen LogP contribution in [-0.2, 0) is 26.8 Å². The SMILES string of the molecule is CCC(C(=O)OC)(c1ccccc1)C(C)Cc1ccc(C(C)(C)C(C)(C)C)cc1. The zero-order chi connectivity index (χ0) is 21.9. The topological polar surface area (TPSA) is 26.3 Å². The predicted molar refractivity (Wildman–Crippen MR) is 122 cm³/mol. The van der Waals surface area contributed by atoms with Gasteiger partial charge in [-0.15, -0.1) is 0 Å². The smallest absolute Gasteiger partial charge is 0.316 e. The lowest BCUT2D eigenvalue weighted by Gasteiger charge is -2.39. The Morgan fingerprint density at radius 3 is 1.90 bits per heavy atom. The first kappa shape index (κ1) is 23.2. The van der Waals surface area contributed by atoms with Crippen LogP contribution in [0.4, 0.5) is 0 Å². The maximum absolute atomic E-state index is 13.0. The molecule has 0 saturated carbocycles. The number of rotatable bonds is 7. The van der Waals surface area contributed by atoms with Crippen molar-refractivity contribution in [2.75, 3.05) is 7.11 Å². The lowest BCUT2D eigenvalue weighted by atomic mass is 9.65. The Kier molecular flexibility index (Phi) is 6.98. The zero-order valence-electron chi connectivity index (χ0n) is 19.5. The number of carbonyl (C=O) groups excluding carboxylic acids is 1. The molecule has 0 heterocycles. The van der Waals surface area contributed by atoms with Crippen molar-refractivity contribution in [3.8, 4) is 0 Å². The molecule has 0 aliphatic heterocycles. The second kappa shape index (κ2) is 8.73. The summed E-state index contributed by atoms with van der Waals surface area (Å²) in [5.74, 6) is -0.0342. The minimum atomic E-state index is -0.640. The molecule has 0 N–H and O–H groups in total. The van der Waals surface area contributed by atoms with Crippen molar-refractivity contribution in [2.45, 2.75) is 72.1 Å². The molecule has 2 aromatic carbocycles. The van der Waals surface area contributed by atoms with E-state index in [9.17, 15) is 4.79 Å². The van der Waals surface area contributed by atoms with Crippen LogP contribution in [-0.4, -0.2) is 13.1 Å². The third-order valence-electron chi connectivity index (χ3n) is 7.33. The lowest BCUT2D eigenvalue weighted by molar-refractivity contribution is -0.150. The molecule has 0 aliphatic carbocycles. The van der Waals surface area contributed by atoms with Crippen LogP contribution >= 0.6 is 0 Å². The van der Waals surface area contributed by atoms with Crippen molar-refractivity contribution in [1.29, 1.82) is 0 Å². The molecule has 2 nitrogen and oxygen atoms in total. The van der Waals surface area contributed by atoms with Crippen LogP contribution in [0, 0.1) is 11.3 Å². The molecule has 2 rings (SSSR count). The molecule has 158 valence electrons. The van der Waals surface area contributed by atoms with Crippen molar-refractivity contribution in [3.05, 3.63) is 71.3 Å². The van der Waals surface area contributed by atoms with Crippen LogP contribution in [0.3, 0.4) is 0 Å². The van der Waals surface area contributed by atoms with Gasteiger partial charge in [-0.25, -0.2) is 0 Å². The minimum Gasteiger partial charge on any atom is -0.468 e. The summed E-state index contributed by atoms with van der Waals surface area (Å²) in [5.41, 5.74) is 3.26. The zero-order valence-corrected chi connectivity index (χ0v) is 19.5. The van der Waals surface area contributed by atoms with Gasteiger partial charge in [-0.1, -0.05) is 103 Å². The Bertz CT molecular complexity index is 797. The summed E-state index contributed by atoms with van der Waals surface area (Å²) in [5, 5.41) is 0. The van der Waals surface area contributed by atoms with Crippen molar-refractivity contribution in [1.82, 2.24) is 0 Å². The van der Waals surface area contributed by atoms with Gasteiger partial charge in [-0.3, -0.25) is 4.79 Å². The van der Waals surface area contributed by atoms with Gasteiger partial charge in [0, 0.05) is 0 Å². The summed E-state index contributed by atoms with van der Waals surface area (Å²) < 4.78 is 5.28. The summed E-state index contributed by atoms with van der Waals surface area (Å²) in [6.45, 7) is 15.7. The molecular weight excluding hydrogens is 356 g/mol. The monoisotopic (exact) mass is 394 g/mol. The van der Waals surface area contributed by atoms with Gasteiger partial charge >= 0.3 is 5.97 Å². The average molecular weight is 395 g/mol. The standard InChI is InChI=1S/C27H38O2/c1-9-27(24(28)29-8,23-13-11-10-12-14-23)20(2)19-21-15-17-22(18-16-21)26(6,7)25(3,4)5/h10-18,20H,9,19H2,1-8H3. The molecule has 0 aliphatic rings. The van der Waals surface area contributed by atoms with Gasteiger partial charge in [0.15, 0.2) is 0 Å². The fraction of sp³-hybridized carbons (Fsp3) is 0.519. The minimum absolute atomic E-state index is 0.0837. The van der Waals surface area contributed by atoms with Gasteiger partial charge < -0.3 is 4.74 Å². The van der Waals surface area contributed by atoms with Crippen LogP contribution in [0.5, 0.6) is 0 Å². The Hall–Kier alpha value is -2.09. The molecule has 0 spiro atoms. The molecule has 2 unspecified atom stereocenters. The second-order valence-electron chi connectivity index (χ2n) is 9.86. The number of esters is 1. The predicted octanol–water partition coefficient (Wildman–Crippen LogP) is 6.71. The maximum Gasteiger partial charge on any atom is 0.316 e. The number of methoxy groups -OCH3 is 1. The van der Waals surface area contributed by atoms with Gasteiger partial charge in [-0.2, -0.15) is 0 Å². The highest BCUT2D eigenvalue weighted by molar-refractivity contribution is 5.83. The Morgan fingerprint density at radius 2 is 1.45 bits per heavy atom. The largest absolute Gasteiger partial charge is 0.468 e. The molecule has 0 fully saturated rings. The van der Waals surface area contributed by atoms with E-state index in [1.165, 1.54) is 18.2 Å². The van der Waals surface area contributed by atoms with E-state index in [-0.39, 0.29) is 22.7 Å². The summed E-state index contributed by atoms with van der Waals surface area (Å²) in [6.07, 6.45) is 1.54. The molecular formula is C27H38O2. The van der Waals surface area contributed by atoms with Crippen molar-refractivity contribution >= 4 is 5.97 Å². The van der Waals surface area contributed by atoms with Crippen LogP contribution in [0.1, 0.15) is 71.6 Å². The first-order valence-corrected chi connectivity index (χ1v) is 10.7. The lowest BCUT2D eigenvalue weighted by Crippen LogP contribution is -2.43. The van der Waals surface area contributed by atoms with Gasteiger partial charge in [0.05, 0.1) is 12.5 Å². The molecule has 2 heteroatoms. The van der Waals surface area contributed by atoms with E-state index in [4.69, 9.17) is 4.74 Å². The van der Waals surface area contributed by atoms with Crippen LogP contribution in [0.2, 0.25) is 0 Å². The van der Waals surface area contributed by atoms with E-state index < -0.39 is 5.41 Å². The highest BCUT2D eigenvalue weighted by Crippen LogP contribution is 2.42. The maximum atomic E-state index is 13.0. The van der Waals surface area contributed by atoms with E-state index in [0.717, 1.165) is 12.0 Å². The van der Waals surface area contributed by atoms with E-state index in [1.807, 2.05) is 30.3 Å². The van der Waals surface area contributed by atoms with Gasteiger partial charge in [0.2, 0.25) is 0 Å². The third kappa shape index (κ3) is 4.42. The highest BCUT2D eigenvalue weighted by Gasteiger charge is 2.44. The molecule has 0 saturated heterocycles. The Labute approximate surface area is 177 Å². The fourth-order valence-corrected chi connectivity index (χ4v) is 4.24. The highest BCUT2D eigenvalue weighted by atomic mass is 16.5. The van der Waals surface area contributed by atoms with E-state index in [0.29, 0.717) is 6.42 Å². The average Bonchev–Trinajstić information content (AvgIpc) is 2.69. The van der Waals surface area contributed by atoms with Crippen LogP contribution in [0.15, 0.2) is 54.6 Å². The second-order valence-corrected chi connectivity index (χ2v) is 9.86. The molecule has 0 radical (unpaired) electrons.